The van der Waals surface area contributed by atoms with Crippen LogP contribution >= 0.6 is 0 Å². The third-order valence-corrected chi connectivity index (χ3v) is 3.66. The molecule has 1 unspecified atom stereocenters. The molecule has 0 radical (unpaired) electrons. The zero-order chi connectivity index (χ0) is 13.4. The molecule has 1 atom stereocenters. The fourth-order valence-electron chi connectivity index (χ4n) is 2.04. The number of hydrogen-bond donors (Lipinski definition) is 0. The minimum atomic E-state index is 0.0215. The van der Waals surface area contributed by atoms with E-state index in [1.807, 2.05) is 0 Å². The van der Waals surface area contributed by atoms with Crippen molar-refractivity contribution in [1.29, 1.82) is 0 Å². The van der Waals surface area contributed by atoms with Gasteiger partial charge in [-0.1, -0.05) is 19.4 Å². The van der Waals surface area contributed by atoms with Crippen molar-refractivity contribution in [3.63, 3.8) is 0 Å². The number of ether oxygens (including phenoxy) is 2. The Bertz CT molecular complexity index is 245. The summed E-state index contributed by atoms with van der Waals surface area (Å²) in [5.74, 6) is 0.639. The van der Waals surface area contributed by atoms with E-state index in [0.29, 0.717) is 5.92 Å². The van der Waals surface area contributed by atoms with Crippen LogP contribution < -0.4 is 0 Å². The highest BCUT2D eigenvalue weighted by Crippen LogP contribution is 2.19. The minimum absolute atomic E-state index is 0.0215. The van der Waals surface area contributed by atoms with E-state index < -0.39 is 0 Å². The molecule has 0 amide bonds. The van der Waals surface area contributed by atoms with Crippen molar-refractivity contribution >= 4 is 0 Å². The highest BCUT2D eigenvalue weighted by atomic mass is 16.5. The lowest BCUT2D eigenvalue weighted by atomic mass is 9.96. The molecule has 0 spiro atoms. The lowest BCUT2D eigenvalue weighted by Crippen LogP contribution is -2.32. The van der Waals surface area contributed by atoms with Crippen LogP contribution in [-0.4, -0.2) is 43.9 Å². The maximum absolute atomic E-state index is 5.43. The molecular weight excluding hydrogens is 226 g/mol. The molecule has 106 valence electrons. The molecule has 3 nitrogen and oxygen atoms in total. The average molecular weight is 255 g/mol. The molecule has 1 heterocycles. The van der Waals surface area contributed by atoms with Gasteiger partial charge >= 0.3 is 0 Å². The van der Waals surface area contributed by atoms with E-state index in [9.17, 15) is 0 Å². The molecular formula is C15H29NO2. The largest absolute Gasteiger partial charge is 0.379 e. The monoisotopic (exact) mass is 255 g/mol. The summed E-state index contributed by atoms with van der Waals surface area (Å²) < 4.78 is 10.8. The summed E-state index contributed by atoms with van der Waals surface area (Å²) in [5.41, 5.74) is 0.0215. The van der Waals surface area contributed by atoms with Crippen LogP contribution in [0.1, 0.15) is 40.0 Å². The Morgan fingerprint density at radius 2 is 2.00 bits per heavy atom. The Morgan fingerprint density at radius 3 is 2.61 bits per heavy atom. The second kappa shape index (κ2) is 7.80. The highest BCUT2D eigenvalue weighted by molar-refractivity contribution is 4.87. The van der Waals surface area contributed by atoms with Crippen LogP contribution in [0, 0.1) is 5.92 Å². The van der Waals surface area contributed by atoms with Crippen LogP contribution in [0.25, 0.3) is 0 Å². The number of nitrogens with zero attached hydrogens (tertiary/aromatic N) is 1. The summed E-state index contributed by atoms with van der Waals surface area (Å²) in [4.78, 5) is 2.35. The van der Waals surface area contributed by atoms with Gasteiger partial charge in [-0.15, -0.1) is 0 Å². The van der Waals surface area contributed by atoms with Crippen LogP contribution in [-0.2, 0) is 9.47 Å². The lowest BCUT2D eigenvalue weighted by molar-refractivity contribution is 0.0130. The van der Waals surface area contributed by atoms with Crippen LogP contribution in [0.5, 0.6) is 0 Å². The summed E-state index contributed by atoms with van der Waals surface area (Å²) in [6.07, 6.45) is 8.14. The van der Waals surface area contributed by atoms with Crippen molar-refractivity contribution in [3.05, 3.63) is 12.3 Å². The number of rotatable bonds is 7. The summed E-state index contributed by atoms with van der Waals surface area (Å²) in [7, 11) is 1.79. The number of morpholine rings is 1. The molecule has 0 aliphatic carbocycles. The molecule has 1 rings (SSSR count). The second-order valence-electron chi connectivity index (χ2n) is 5.82. The van der Waals surface area contributed by atoms with Crippen molar-refractivity contribution in [2.75, 3.05) is 33.4 Å². The van der Waals surface area contributed by atoms with E-state index in [-0.39, 0.29) is 5.60 Å². The first kappa shape index (κ1) is 15.5. The topological polar surface area (TPSA) is 21.7 Å². The zero-order valence-electron chi connectivity index (χ0n) is 12.4. The lowest BCUT2D eigenvalue weighted by Gasteiger charge is -2.25. The van der Waals surface area contributed by atoms with E-state index >= 15 is 0 Å². The Balaban J connectivity index is 2.16. The van der Waals surface area contributed by atoms with Crippen molar-refractivity contribution in [1.82, 2.24) is 4.90 Å². The van der Waals surface area contributed by atoms with Crippen molar-refractivity contribution in [3.8, 4) is 0 Å². The average Bonchev–Trinajstić information content (AvgIpc) is 2.37. The maximum atomic E-state index is 5.43. The van der Waals surface area contributed by atoms with Gasteiger partial charge in [-0.25, -0.2) is 0 Å². The van der Waals surface area contributed by atoms with Gasteiger partial charge in [0.1, 0.15) is 0 Å². The number of methoxy groups -OCH3 is 1. The fourth-order valence-corrected chi connectivity index (χ4v) is 2.04. The minimum Gasteiger partial charge on any atom is -0.379 e. The molecule has 0 N–H and O–H groups in total. The first-order valence-corrected chi connectivity index (χ1v) is 7.09. The van der Waals surface area contributed by atoms with Gasteiger partial charge in [0.15, 0.2) is 0 Å². The molecule has 1 aliphatic heterocycles. The van der Waals surface area contributed by atoms with E-state index in [4.69, 9.17) is 9.47 Å². The van der Waals surface area contributed by atoms with Gasteiger partial charge in [-0.2, -0.15) is 0 Å². The van der Waals surface area contributed by atoms with E-state index in [1.54, 1.807) is 7.11 Å². The van der Waals surface area contributed by atoms with Crippen molar-refractivity contribution < 1.29 is 9.47 Å². The quantitative estimate of drug-likeness (QED) is 0.698. The number of hydrogen-bond acceptors (Lipinski definition) is 3. The molecule has 0 aromatic carbocycles. The van der Waals surface area contributed by atoms with Crippen LogP contribution in [0.15, 0.2) is 12.3 Å². The predicted octanol–water partition coefficient (Wildman–Crippen LogP) is 3.06. The smallest absolute Gasteiger partial charge is 0.0642 e. The predicted molar refractivity (Wildman–Crippen MR) is 75.6 cm³/mol. The Labute approximate surface area is 112 Å². The Hall–Kier alpha value is -0.540. The van der Waals surface area contributed by atoms with Crippen LogP contribution in [0.3, 0.4) is 0 Å². The van der Waals surface area contributed by atoms with Gasteiger partial charge in [0.25, 0.3) is 0 Å². The summed E-state index contributed by atoms with van der Waals surface area (Å²) in [6, 6.07) is 0. The molecule has 1 fully saturated rings. The van der Waals surface area contributed by atoms with Gasteiger partial charge in [0.05, 0.1) is 18.8 Å². The van der Waals surface area contributed by atoms with Gasteiger partial charge in [-0.3, -0.25) is 0 Å². The molecule has 0 aromatic heterocycles. The molecule has 1 saturated heterocycles. The first-order valence-electron chi connectivity index (χ1n) is 7.09. The second-order valence-corrected chi connectivity index (χ2v) is 5.82. The van der Waals surface area contributed by atoms with Gasteiger partial charge < -0.3 is 14.4 Å². The normalized spacial score (nSPS) is 19.4. The maximum Gasteiger partial charge on any atom is 0.0642 e. The fraction of sp³-hybridized carbons (Fsp3) is 0.867. The third-order valence-electron chi connectivity index (χ3n) is 3.66. The van der Waals surface area contributed by atoms with Crippen molar-refractivity contribution in [2.24, 2.45) is 5.92 Å². The van der Waals surface area contributed by atoms with E-state index in [2.05, 4.69) is 37.9 Å². The van der Waals surface area contributed by atoms with E-state index in [1.165, 1.54) is 12.8 Å². The summed E-state index contributed by atoms with van der Waals surface area (Å²) in [5, 5.41) is 0. The molecule has 0 aromatic rings. The summed E-state index contributed by atoms with van der Waals surface area (Å²) in [6.45, 7) is 10.4. The summed E-state index contributed by atoms with van der Waals surface area (Å²) >= 11 is 0. The van der Waals surface area contributed by atoms with Gasteiger partial charge in [0, 0.05) is 20.2 Å². The highest BCUT2D eigenvalue weighted by Gasteiger charge is 2.15. The standard InChI is InChI=1S/C15H29NO2/c1-14(6-5-8-15(2,3)17-4)7-9-16-10-12-18-13-11-16/h7,9,14H,5-6,8,10-13H2,1-4H3/b9-7+. The van der Waals surface area contributed by atoms with Crippen molar-refractivity contribution in [2.45, 2.75) is 45.6 Å². The Morgan fingerprint density at radius 1 is 1.33 bits per heavy atom. The molecule has 18 heavy (non-hydrogen) atoms. The van der Waals surface area contributed by atoms with Crippen LogP contribution in [0.4, 0.5) is 0 Å². The zero-order valence-corrected chi connectivity index (χ0v) is 12.4. The number of allylic oxidation sites excluding steroid dienone is 1. The SMILES string of the molecule is COC(C)(C)CCCC(C)/C=C/N1CCOCC1. The first-order chi connectivity index (χ1) is 8.53. The van der Waals surface area contributed by atoms with Crippen LogP contribution in [0.2, 0.25) is 0 Å². The molecule has 0 bridgehead atoms. The van der Waals surface area contributed by atoms with Gasteiger partial charge in [0.2, 0.25) is 0 Å². The van der Waals surface area contributed by atoms with E-state index in [0.717, 1.165) is 32.7 Å². The third kappa shape index (κ3) is 6.41. The Kier molecular flexibility index (Phi) is 6.72. The van der Waals surface area contributed by atoms with Gasteiger partial charge in [-0.05, 0) is 38.8 Å². The molecule has 0 saturated carbocycles. The molecule has 1 aliphatic rings. The molecule has 3 heteroatoms.